The molecule has 1 aromatic rings. The molecule has 1 fully saturated rings. The van der Waals surface area contributed by atoms with Crippen molar-refractivity contribution in [1.29, 1.82) is 5.41 Å². The Bertz CT molecular complexity index is 416. The van der Waals surface area contributed by atoms with Crippen molar-refractivity contribution >= 4 is 5.84 Å². The van der Waals surface area contributed by atoms with Gasteiger partial charge in [-0.05, 0) is 6.07 Å². The first-order valence-corrected chi connectivity index (χ1v) is 5.60. The van der Waals surface area contributed by atoms with Crippen molar-refractivity contribution in [3.63, 3.8) is 0 Å². The number of nitrogens with zero attached hydrogens (tertiary/aromatic N) is 1. The molecule has 1 saturated heterocycles. The lowest BCUT2D eigenvalue weighted by Gasteiger charge is -2.26. The summed E-state index contributed by atoms with van der Waals surface area (Å²) in [4.78, 5) is 2.13. The van der Waals surface area contributed by atoms with Crippen LogP contribution in [0.25, 0.3) is 0 Å². The van der Waals surface area contributed by atoms with Crippen LogP contribution in [0, 0.1) is 11.2 Å². The molecule has 0 spiro atoms. The van der Waals surface area contributed by atoms with Crippen LogP contribution in [-0.4, -0.2) is 37.0 Å². The lowest BCUT2D eigenvalue weighted by atomic mass is 10.1. The van der Waals surface area contributed by atoms with Gasteiger partial charge < -0.3 is 10.5 Å². The second-order valence-electron chi connectivity index (χ2n) is 4.08. The third-order valence-electron chi connectivity index (χ3n) is 2.87. The third kappa shape index (κ3) is 2.81. The number of nitrogen functional groups attached to an aromatic ring is 1. The Morgan fingerprint density at radius 2 is 2.12 bits per heavy atom. The average molecular weight is 237 g/mol. The van der Waals surface area contributed by atoms with Gasteiger partial charge in [0.15, 0.2) is 0 Å². The number of morpholine rings is 1. The molecule has 0 aliphatic carbocycles. The van der Waals surface area contributed by atoms with Crippen molar-refractivity contribution in [3.8, 4) is 0 Å². The Kier molecular flexibility index (Phi) is 3.71. The smallest absolute Gasteiger partial charge is 0.138 e. The molecule has 1 heterocycles. The number of hydrogen-bond donors (Lipinski definition) is 2. The van der Waals surface area contributed by atoms with E-state index >= 15 is 0 Å². The Hall–Kier alpha value is -1.46. The van der Waals surface area contributed by atoms with Crippen LogP contribution in [0.15, 0.2) is 18.2 Å². The Balaban J connectivity index is 2.15. The molecule has 0 bridgehead atoms. The van der Waals surface area contributed by atoms with E-state index in [1.807, 2.05) is 0 Å². The van der Waals surface area contributed by atoms with Crippen molar-refractivity contribution in [2.24, 2.45) is 5.73 Å². The summed E-state index contributed by atoms with van der Waals surface area (Å²) in [6, 6.07) is 4.99. The molecule has 0 saturated carbocycles. The Labute approximate surface area is 99.7 Å². The first-order chi connectivity index (χ1) is 8.18. The second kappa shape index (κ2) is 5.25. The minimum atomic E-state index is -0.383. The van der Waals surface area contributed by atoms with Crippen molar-refractivity contribution in [1.82, 2.24) is 4.90 Å². The number of ether oxygens (including phenoxy) is 1. The van der Waals surface area contributed by atoms with Crippen LogP contribution in [0.2, 0.25) is 0 Å². The Morgan fingerprint density at radius 1 is 1.41 bits per heavy atom. The zero-order valence-corrected chi connectivity index (χ0v) is 9.58. The van der Waals surface area contributed by atoms with Gasteiger partial charge in [0.25, 0.3) is 0 Å². The van der Waals surface area contributed by atoms with Gasteiger partial charge in [-0.1, -0.05) is 12.1 Å². The molecule has 1 aliphatic rings. The van der Waals surface area contributed by atoms with Gasteiger partial charge in [-0.3, -0.25) is 10.3 Å². The van der Waals surface area contributed by atoms with Gasteiger partial charge >= 0.3 is 0 Å². The Morgan fingerprint density at radius 3 is 2.76 bits per heavy atom. The van der Waals surface area contributed by atoms with E-state index in [-0.39, 0.29) is 17.2 Å². The highest BCUT2D eigenvalue weighted by Crippen LogP contribution is 2.15. The fourth-order valence-electron chi connectivity index (χ4n) is 1.91. The van der Waals surface area contributed by atoms with Crippen LogP contribution in [0.1, 0.15) is 11.1 Å². The average Bonchev–Trinajstić information content (AvgIpc) is 2.33. The van der Waals surface area contributed by atoms with E-state index in [1.54, 1.807) is 12.1 Å². The number of nitrogens with two attached hydrogens (primary N) is 1. The molecule has 3 N–H and O–H groups in total. The van der Waals surface area contributed by atoms with Gasteiger partial charge in [0, 0.05) is 25.2 Å². The van der Waals surface area contributed by atoms with E-state index < -0.39 is 0 Å². The van der Waals surface area contributed by atoms with Gasteiger partial charge in [-0.25, -0.2) is 4.39 Å². The first kappa shape index (κ1) is 12.0. The summed E-state index contributed by atoms with van der Waals surface area (Å²) in [5.74, 6) is -0.613. The fourth-order valence-corrected chi connectivity index (χ4v) is 1.91. The van der Waals surface area contributed by atoms with Crippen molar-refractivity contribution < 1.29 is 9.13 Å². The van der Waals surface area contributed by atoms with Gasteiger partial charge in [-0.2, -0.15) is 0 Å². The zero-order valence-electron chi connectivity index (χ0n) is 9.58. The van der Waals surface area contributed by atoms with Gasteiger partial charge in [0.1, 0.15) is 11.7 Å². The number of amidine groups is 1. The molecular weight excluding hydrogens is 221 g/mol. The SMILES string of the molecule is N=C(N)c1cccc(CN2CCOCC2)c1F. The van der Waals surface area contributed by atoms with E-state index in [2.05, 4.69) is 4.90 Å². The maximum Gasteiger partial charge on any atom is 0.138 e. The second-order valence-corrected chi connectivity index (χ2v) is 4.08. The number of hydrogen-bond acceptors (Lipinski definition) is 3. The zero-order chi connectivity index (χ0) is 12.3. The molecule has 2 rings (SSSR count). The van der Waals surface area contributed by atoms with Crippen molar-refractivity contribution in [3.05, 3.63) is 35.1 Å². The summed E-state index contributed by atoms with van der Waals surface area (Å²) in [5.41, 5.74) is 6.09. The quantitative estimate of drug-likeness (QED) is 0.607. The maximum atomic E-state index is 14.0. The first-order valence-electron chi connectivity index (χ1n) is 5.60. The molecule has 0 aromatic heterocycles. The molecule has 1 aromatic carbocycles. The molecule has 4 nitrogen and oxygen atoms in total. The number of rotatable bonds is 3. The highest BCUT2D eigenvalue weighted by molar-refractivity contribution is 5.95. The largest absolute Gasteiger partial charge is 0.384 e. The summed E-state index contributed by atoms with van der Waals surface area (Å²) < 4.78 is 19.2. The van der Waals surface area contributed by atoms with E-state index in [4.69, 9.17) is 15.9 Å². The predicted molar refractivity (Wildman–Crippen MR) is 63.5 cm³/mol. The minimum Gasteiger partial charge on any atom is -0.384 e. The van der Waals surface area contributed by atoms with Crippen LogP contribution < -0.4 is 5.73 Å². The van der Waals surface area contributed by atoms with Crippen LogP contribution in [0.5, 0.6) is 0 Å². The fraction of sp³-hybridized carbons (Fsp3) is 0.417. The standard InChI is InChI=1S/C12H16FN3O/c13-11-9(2-1-3-10(11)12(14)15)8-16-4-6-17-7-5-16/h1-3H,4-8H2,(H3,14,15). The lowest BCUT2D eigenvalue weighted by Crippen LogP contribution is -2.36. The van der Waals surface area contributed by atoms with Crippen LogP contribution in [-0.2, 0) is 11.3 Å². The highest BCUT2D eigenvalue weighted by atomic mass is 19.1. The molecule has 0 unspecified atom stereocenters. The molecule has 1 aliphatic heterocycles. The number of nitrogens with one attached hydrogen (secondary N) is 1. The van der Waals surface area contributed by atoms with Crippen LogP contribution >= 0.6 is 0 Å². The summed E-state index contributed by atoms with van der Waals surface area (Å²) in [7, 11) is 0. The minimum absolute atomic E-state index is 0.177. The molecule has 5 heteroatoms. The van der Waals surface area contributed by atoms with E-state index in [1.165, 1.54) is 6.07 Å². The number of halogens is 1. The van der Waals surface area contributed by atoms with Gasteiger partial charge in [-0.15, -0.1) is 0 Å². The molecule has 0 amide bonds. The predicted octanol–water partition coefficient (Wildman–Crippen LogP) is 0.942. The third-order valence-corrected chi connectivity index (χ3v) is 2.87. The van der Waals surface area contributed by atoms with Gasteiger partial charge in [0.05, 0.1) is 18.8 Å². The van der Waals surface area contributed by atoms with Crippen LogP contribution in [0.4, 0.5) is 4.39 Å². The molecular formula is C12H16FN3O. The number of benzene rings is 1. The monoisotopic (exact) mass is 237 g/mol. The van der Waals surface area contributed by atoms with Crippen molar-refractivity contribution in [2.75, 3.05) is 26.3 Å². The summed E-state index contributed by atoms with van der Waals surface area (Å²) in [6.45, 7) is 3.53. The van der Waals surface area contributed by atoms with E-state index in [9.17, 15) is 4.39 Å². The topological polar surface area (TPSA) is 62.3 Å². The van der Waals surface area contributed by atoms with Gasteiger partial charge in [0.2, 0.25) is 0 Å². The van der Waals surface area contributed by atoms with Crippen molar-refractivity contribution in [2.45, 2.75) is 6.54 Å². The van der Waals surface area contributed by atoms with Crippen LogP contribution in [0.3, 0.4) is 0 Å². The summed E-state index contributed by atoms with van der Waals surface area (Å²) >= 11 is 0. The molecule has 0 radical (unpaired) electrons. The molecule has 17 heavy (non-hydrogen) atoms. The molecule has 92 valence electrons. The normalized spacial score (nSPS) is 17.0. The molecule has 0 atom stereocenters. The van der Waals surface area contributed by atoms with E-state index in [0.717, 1.165) is 13.1 Å². The highest BCUT2D eigenvalue weighted by Gasteiger charge is 2.15. The maximum absolute atomic E-state index is 14.0. The summed E-state index contributed by atoms with van der Waals surface area (Å²) in [5, 5.41) is 7.30. The lowest BCUT2D eigenvalue weighted by molar-refractivity contribution is 0.0337. The van der Waals surface area contributed by atoms with E-state index in [0.29, 0.717) is 25.3 Å². The summed E-state index contributed by atoms with van der Waals surface area (Å²) in [6.07, 6.45) is 0.